The van der Waals surface area contributed by atoms with Crippen LogP contribution in [0.25, 0.3) is 0 Å². The first kappa shape index (κ1) is 11.6. The number of halogens is 1. The number of anilines is 1. The summed E-state index contributed by atoms with van der Waals surface area (Å²) in [5.41, 5.74) is 1.01. The predicted molar refractivity (Wildman–Crippen MR) is 61.8 cm³/mol. The molecule has 88 valence electrons. The topological polar surface area (TPSA) is 66.5 Å². The Morgan fingerprint density at radius 3 is 2.65 bits per heavy atom. The molecule has 1 fully saturated rings. The zero-order chi connectivity index (χ0) is 12.6. The lowest BCUT2D eigenvalue weighted by Crippen LogP contribution is -2.53. The van der Waals surface area contributed by atoms with Crippen LogP contribution >= 0.6 is 11.6 Å². The molecule has 1 aliphatic rings. The molecular formula is C11H9ClN2O3. The fraction of sp³-hybridized carbons (Fsp3) is 0.182. The number of imide groups is 2. The first-order valence-corrected chi connectivity index (χ1v) is 5.30. The van der Waals surface area contributed by atoms with E-state index in [0.29, 0.717) is 16.3 Å². The van der Waals surface area contributed by atoms with Gasteiger partial charge in [0.05, 0.1) is 5.69 Å². The summed E-state index contributed by atoms with van der Waals surface area (Å²) >= 11 is 5.92. The summed E-state index contributed by atoms with van der Waals surface area (Å²) in [6.07, 6.45) is -0.336. The normalized spacial score (nSPS) is 16.1. The van der Waals surface area contributed by atoms with Crippen molar-refractivity contribution in [3.8, 4) is 0 Å². The Morgan fingerprint density at radius 2 is 2.00 bits per heavy atom. The van der Waals surface area contributed by atoms with Gasteiger partial charge in [-0.05, 0) is 24.6 Å². The minimum absolute atomic E-state index is 0.336. The van der Waals surface area contributed by atoms with E-state index in [9.17, 15) is 14.4 Å². The van der Waals surface area contributed by atoms with E-state index in [1.807, 2.05) is 0 Å². The molecule has 0 bridgehead atoms. The molecule has 4 amide bonds. The number of hydrogen-bond donors (Lipinski definition) is 1. The zero-order valence-corrected chi connectivity index (χ0v) is 9.75. The Bertz CT molecular complexity index is 507. The van der Waals surface area contributed by atoms with E-state index in [4.69, 9.17) is 11.6 Å². The lowest BCUT2D eigenvalue weighted by Gasteiger charge is -2.26. The third-order valence-electron chi connectivity index (χ3n) is 2.49. The number of urea groups is 1. The van der Waals surface area contributed by atoms with Crippen molar-refractivity contribution in [3.05, 3.63) is 28.8 Å². The highest BCUT2D eigenvalue weighted by Gasteiger charge is 2.32. The quantitative estimate of drug-likeness (QED) is 0.773. The molecule has 1 N–H and O–H groups in total. The molecule has 1 aromatic rings. The van der Waals surface area contributed by atoms with Gasteiger partial charge in [-0.15, -0.1) is 0 Å². The van der Waals surface area contributed by atoms with E-state index < -0.39 is 17.8 Å². The van der Waals surface area contributed by atoms with Crippen LogP contribution in [0.4, 0.5) is 10.5 Å². The van der Waals surface area contributed by atoms with Gasteiger partial charge in [-0.25, -0.2) is 9.69 Å². The third kappa shape index (κ3) is 2.01. The number of nitrogens with one attached hydrogen (secondary N) is 1. The van der Waals surface area contributed by atoms with E-state index >= 15 is 0 Å². The monoisotopic (exact) mass is 252 g/mol. The van der Waals surface area contributed by atoms with Gasteiger partial charge in [0, 0.05) is 5.02 Å². The van der Waals surface area contributed by atoms with Crippen LogP contribution in [-0.2, 0) is 9.59 Å². The maximum absolute atomic E-state index is 11.7. The van der Waals surface area contributed by atoms with Crippen molar-refractivity contribution >= 4 is 35.1 Å². The molecule has 17 heavy (non-hydrogen) atoms. The van der Waals surface area contributed by atoms with Crippen LogP contribution in [-0.4, -0.2) is 17.8 Å². The molecule has 0 atom stereocenters. The largest absolute Gasteiger partial charge is 0.335 e. The van der Waals surface area contributed by atoms with Gasteiger partial charge in [0.2, 0.25) is 11.8 Å². The minimum Gasteiger partial charge on any atom is -0.277 e. The number of amides is 4. The van der Waals surface area contributed by atoms with E-state index in [1.54, 1.807) is 25.1 Å². The SMILES string of the molecule is Cc1c(Cl)cccc1N1C(=O)CC(=O)NC1=O. The van der Waals surface area contributed by atoms with Gasteiger partial charge >= 0.3 is 6.03 Å². The molecule has 1 aliphatic heterocycles. The molecule has 0 radical (unpaired) electrons. The van der Waals surface area contributed by atoms with Gasteiger partial charge in [0.1, 0.15) is 6.42 Å². The number of barbiturate groups is 1. The predicted octanol–water partition coefficient (Wildman–Crippen LogP) is 1.62. The number of rotatable bonds is 1. The Morgan fingerprint density at radius 1 is 1.29 bits per heavy atom. The molecule has 2 rings (SSSR count). The lowest BCUT2D eigenvalue weighted by atomic mass is 10.1. The van der Waals surface area contributed by atoms with Crippen LogP contribution in [0.1, 0.15) is 12.0 Å². The van der Waals surface area contributed by atoms with Gasteiger partial charge in [-0.3, -0.25) is 14.9 Å². The van der Waals surface area contributed by atoms with Gasteiger partial charge in [-0.1, -0.05) is 17.7 Å². The van der Waals surface area contributed by atoms with Crippen molar-refractivity contribution in [2.45, 2.75) is 13.3 Å². The van der Waals surface area contributed by atoms with Crippen LogP contribution < -0.4 is 10.2 Å². The first-order valence-electron chi connectivity index (χ1n) is 4.92. The summed E-state index contributed by atoms with van der Waals surface area (Å²) in [4.78, 5) is 35.2. The zero-order valence-electron chi connectivity index (χ0n) is 8.99. The third-order valence-corrected chi connectivity index (χ3v) is 2.90. The minimum atomic E-state index is -0.739. The Labute approximate surface area is 102 Å². The fourth-order valence-electron chi connectivity index (χ4n) is 1.63. The number of nitrogens with zero attached hydrogens (tertiary/aromatic N) is 1. The second-order valence-corrected chi connectivity index (χ2v) is 4.05. The van der Waals surface area contributed by atoms with Gasteiger partial charge in [0.25, 0.3) is 0 Å². The maximum atomic E-state index is 11.7. The lowest BCUT2D eigenvalue weighted by molar-refractivity contribution is -0.128. The molecule has 1 saturated heterocycles. The van der Waals surface area contributed by atoms with Crippen molar-refractivity contribution < 1.29 is 14.4 Å². The second-order valence-electron chi connectivity index (χ2n) is 3.64. The average Bonchev–Trinajstić information content (AvgIpc) is 2.23. The summed E-state index contributed by atoms with van der Waals surface area (Å²) in [6.45, 7) is 1.70. The van der Waals surface area contributed by atoms with Crippen molar-refractivity contribution in [2.75, 3.05) is 4.90 Å². The number of carbonyl (C=O) groups excluding carboxylic acids is 3. The standard InChI is InChI=1S/C11H9ClN2O3/c1-6-7(12)3-2-4-8(6)14-10(16)5-9(15)13-11(14)17/h2-4H,5H2,1H3,(H,13,15,17). The summed E-state index contributed by atoms with van der Waals surface area (Å²) < 4.78 is 0. The summed E-state index contributed by atoms with van der Waals surface area (Å²) in [6, 6.07) is 4.17. The van der Waals surface area contributed by atoms with Crippen molar-refractivity contribution in [3.63, 3.8) is 0 Å². The summed E-state index contributed by atoms with van der Waals surface area (Å²) in [7, 11) is 0. The highest BCUT2D eigenvalue weighted by Crippen LogP contribution is 2.27. The number of hydrogen-bond acceptors (Lipinski definition) is 3. The molecular weight excluding hydrogens is 244 g/mol. The second kappa shape index (κ2) is 4.18. The van der Waals surface area contributed by atoms with Crippen molar-refractivity contribution in [1.29, 1.82) is 0 Å². The van der Waals surface area contributed by atoms with Crippen molar-refractivity contribution in [1.82, 2.24) is 5.32 Å². The molecule has 0 aliphatic carbocycles. The van der Waals surface area contributed by atoms with Gasteiger partial charge in [-0.2, -0.15) is 0 Å². The van der Waals surface area contributed by atoms with Gasteiger partial charge < -0.3 is 0 Å². The molecule has 5 nitrogen and oxygen atoms in total. The van der Waals surface area contributed by atoms with Gasteiger partial charge in [0.15, 0.2) is 0 Å². The van der Waals surface area contributed by atoms with E-state index in [1.165, 1.54) is 0 Å². The fourth-order valence-corrected chi connectivity index (χ4v) is 1.80. The molecule has 0 saturated carbocycles. The average molecular weight is 253 g/mol. The van der Waals surface area contributed by atoms with Crippen LogP contribution in [0.2, 0.25) is 5.02 Å². The number of benzene rings is 1. The summed E-state index contributed by atoms with van der Waals surface area (Å²) in [5, 5.41) is 2.55. The Hall–Kier alpha value is -1.88. The molecule has 1 heterocycles. The first-order chi connectivity index (χ1) is 8.00. The summed E-state index contributed by atoms with van der Waals surface area (Å²) in [5.74, 6) is -1.14. The van der Waals surface area contributed by atoms with Crippen LogP contribution in [0, 0.1) is 6.92 Å². The smallest absolute Gasteiger partial charge is 0.277 e. The Balaban J connectivity index is 2.46. The van der Waals surface area contributed by atoms with Crippen LogP contribution in [0.3, 0.4) is 0 Å². The molecule has 0 spiro atoms. The highest BCUT2D eigenvalue weighted by molar-refractivity contribution is 6.32. The van der Waals surface area contributed by atoms with E-state index in [-0.39, 0.29) is 6.42 Å². The maximum Gasteiger partial charge on any atom is 0.335 e. The number of carbonyl (C=O) groups is 3. The molecule has 0 aromatic heterocycles. The molecule has 1 aromatic carbocycles. The Kier molecular flexibility index (Phi) is 2.85. The van der Waals surface area contributed by atoms with E-state index in [2.05, 4.69) is 5.32 Å². The highest BCUT2D eigenvalue weighted by atomic mass is 35.5. The van der Waals surface area contributed by atoms with E-state index in [0.717, 1.165) is 4.90 Å². The molecule has 0 unspecified atom stereocenters. The molecule has 6 heteroatoms. The van der Waals surface area contributed by atoms with Crippen LogP contribution in [0.5, 0.6) is 0 Å². The van der Waals surface area contributed by atoms with Crippen LogP contribution in [0.15, 0.2) is 18.2 Å². The van der Waals surface area contributed by atoms with Crippen molar-refractivity contribution in [2.24, 2.45) is 0 Å².